The monoisotopic (exact) mass is 1350 g/mol. The fourth-order valence-electron chi connectivity index (χ4n) is 10.9. The molecule has 0 aliphatic rings. The number of esters is 4. The van der Waals surface area contributed by atoms with E-state index in [2.05, 4.69) is 55.4 Å². The Morgan fingerprint density at radius 1 is 0.304 bits per heavy atom. The number of aliphatic hydroxyl groups excluding tert-OH is 1. The fourth-order valence-corrected chi connectivity index (χ4v) is 12.5. The summed E-state index contributed by atoms with van der Waals surface area (Å²) in [6.07, 6.45) is 45.8. The Morgan fingerprint density at radius 2 is 0.522 bits per heavy atom. The summed E-state index contributed by atoms with van der Waals surface area (Å²) >= 11 is 0. The van der Waals surface area contributed by atoms with Gasteiger partial charge in [0.1, 0.15) is 19.3 Å². The molecule has 0 rings (SSSR count). The number of unbranched alkanes of at least 4 members (excludes halogenated alkanes) is 33. The van der Waals surface area contributed by atoms with Crippen molar-refractivity contribution in [1.29, 1.82) is 0 Å². The lowest BCUT2D eigenvalue weighted by molar-refractivity contribution is -0.161. The van der Waals surface area contributed by atoms with Crippen molar-refractivity contribution in [2.45, 2.75) is 382 Å². The van der Waals surface area contributed by atoms with Gasteiger partial charge in [-0.15, -0.1) is 0 Å². The molecule has 8 atom stereocenters. The van der Waals surface area contributed by atoms with Gasteiger partial charge in [0.15, 0.2) is 12.2 Å². The maximum atomic E-state index is 13.1. The summed E-state index contributed by atoms with van der Waals surface area (Å²) in [6, 6.07) is 0. The van der Waals surface area contributed by atoms with E-state index >= 15 is 0 Å². The van der Waals surface area contributed by atoms with Crippen molar-refractivity contribution in [2.75, 3.05) is 39.6 Å². The first kappa shape index (κ1) is 90.1. The van der Waals surface area contributed by atoms with E-state index in [9.17, 15) is 43.2 Å². The zero-order valence-corrected chi connectivity index (χ0v) is 62.0. The Kier molecular flexibility index (Phi) is 61.3. The average Bonchev–Trinajstić information content (AvgIpc) is 1.84. The van der Waals surface area contributed by atoms with Crippen LogP contribution >= 0.6 is 15.6 Å². The van der Waals surface area contributed by atoms with Gasteiger partial charge in [0.05, 0.1) is 26.4 Å². The molecule has 0 spiro atoms. The highest BCUT2D eigenvalue weighted by atomic mass is 31.2. The average molecular weight is 1350 g/mol. The molecule has 0 bridgehead atoms. The number of carbonyl (C=O) groups excluding carboxylic acids is 4. The van der Waals surface area contributed by atoms with Crippen LogP contribution < -0.4 is 0 Å². The van der Waals surface area contributed by atoms with Crippen LogP contribution in [0.2, 0.25) is 0 Å². The number of hydrogen-bond donors (Lipinski definition) is 3. The first-order valence-electron chi connectivity index (χ1n) is 37.8. The molecule has 92 heavy (non-hydrogen) atoms. The highest BCUT2D eigenvalue weighted by Crippen LogP contribution is 2.45. The zero-order chi connectivity index (χ0) is 68.2. The van der Waals surface area contributed by atoms with E-state index in [1.807, 2.05) is 0 Å². The molecule has 546 valence electrons. The van der Waals surface area contributed by atoms with Gasteiger partial charge in [0.25, 0.3) is 0 Å². The van der Waals surface area contributed by atoms with Crippen LogP contribution in [0.3, 0.4) is 0 Å². The summed E-state index contributed by atoms with van der Waals surface area (Å²) in [5, 5.41) is 10.6. The molecule has 0 saturated heterocycles. The second kappa shape index (κ2) is 62.6. The molecule has 0 aliphatic carbocycles. The quantitative estimate of drug-likeness (QED) is 0.0222. The van der Waals surface area contributed by atoms with Gasteiger partial charge < -0.3 is 33.8 Å². The molecule has 5 unspecified atom stereocenters. The SMILES string of the molecule is CCC(C)CCCCCCCCCCCCCCCCC(=O)O[C@H](COC(=O)CCCCCCCCCCCCC(C)CC)COP(=O)(O)OC[C@@H](O)COP(=O)(O)OC[C@@H](COC(=O)CCCCCCCCC(C)CC)OC(=O)CCCCCCCCCC(C)C. The summed E-state index contributed by atoms with van der Waals surface area (Å²) in [7, 11) is -9.91. The standard InChI is InChI=1S/C73H142O17P2/c1-9-64(6)50-42-34-26-20-16-14-12-13-15-17-23-29-39-47-55-72(77)89-68(59-83-70(75)53-45-37-28-22-19-18-21-27-35-43-51-65(7)10-2)61-87-91(79,80)85-57-67(74)58-86-92(81,82)88-62-69(90-73(78)56-48-40-30-24-25-33-41-49-63(4)5)60-84-71(76)54-46-38-32-31-36-44-52-66(8)11-3/h63-69,74H,9-62H2,1-8H3,(H,79,80)(H,81,82)/t64?,65?,66?,67-,68-,69-/m1/s1. The molecular weight excluding hydrogens is 1210 g/mol. The number of hydrogen-bond acceptors (Lipinski definition) is 15. The largest absolute Gasteiger partial charge is 0.472 e. The Hall–Kier alpha value is -1.94. The van der Waals surface area contributed by atoms with Gasteiger partial charge in [-0.1, -0.05) is 312 Å². The smallest absolute Gasteiger partial charge is 0.462 e. The highest BCUT2D eigenvalue weighted by molar-refractivity contribution is 7.47. The molecule has 0 radical (unpaired) electrons. The van der Waals surface area contributed by atoms with Gasteiger partial charge in [0, 0.05) is 25.7 Å². The normalized spacial score (nSPS) is 15.1. The summed E-state index contributed by atoms with van der Waals surface area (Å²) in [6.45, 7) is 14.2. The van der Waals surface area contributed by atoms with E-state index in [-0.39, 0.29) is 25.7 Å². The van der Waals surface area contributed by atoms with E-state index in [1.54, 1.807) is 0 Å². The van der Waals surface area contributed by atoms with Crippen LogP contribution in [0, 0.1) is 23.7 Å². The number of rotatable bonds is 70. The van der Waals surface area contributed by atoms with Gasteiger partial charge in [-0.2, -0.15) is 0 Å². The number of phosphoric ester groups is 2. The first-order valence-corrected chi connectivity index (χ1v) is 40.8. The number of carbonyl (C=O) groups is 4. The van der Waals surface area contributed by atoms with Crippen LogP contribution in [-0.4, -0.2) is 96.7 Å². The number of phosphoric acid groups is 2. The van der Waals surface area contributed by atoms with Crippen molar-refractivity contribution in [3.05, 3.63) is 0 Å². The van der Waals surface area contributed by atoms with E-state index in [0.717, 1.165) is 114 Å². The van der Waals surface area contributed by atoms with E-state index in [0.29, 0.717) is 31.6 Å². The molecule has 0 heterocycles. The summed E-state index contributed by atoms with van der Waals surface area (Å²) in [5.74, 6) is 0.954. The van der Waals surface area contributed by atoms with Gasteiger partial charge in [-0.05, 0) is 49.4 Å². The van der Waals surface area contributed by atoms with Gasteiger partial charge in [-0.25, -0.2) is 9.13 Å². The minimum Gasteiger partial charge on any atom is -0.462 e. The van der Waals surface area contributed by atoms with Crippen molar-refractivity contribution in [3.8, 4) is 0 Å². The second-order valence-corrected chi connectivity index (χ2v) is 30.4. The number of aliphatic hydroxyl groups is 1. The maximum Gasteiger partial charge on any atom is 0.472 e. The van der Waals surface area contributed by atoms with Crippen molar-refractivity contribution in [1.82, 2.24) is 0 Å². The van der Waals surface area contributed by atoms with E-state index in [1.165, 1.54) is 161 Å². The molecule has 19 heteroatoms. The molecule has 17 nitrogen and oxygen atoms in total. The Labute approximate surface area is 562 Å². The molecule has 0 aliphatic heterocycles. The Morgan fingerprint density at radius 3 is 0.772 bits per heavy atom. The van der Waals surface area contributed by atoms with Gasteiger partial charge >= 0.3 is 39.5 Å². The summed E-state index contributed by atoms with van der Waals surface area (Å²) < 4.78 is 68.4. The molecule has 0 saturated carbocycles. The molecule has 0 fully saturated rings. The van der Waals surface area contributed by atoms with Crippen molar-refractivity contribution >= 4 is 39.5 Å². The Balaban J connectivity index is 5.25. The third-order valence-electron chi connectivity index (χ3n) is 17.9. The number of ether oxygens (including phenoxy) is 4. The van der Waals surface area contributed by atoms with Crippen molar-refractivity contribution < 1.29 is 80.2 Å². The second-order valence-electron chi connectivity index (χ2n) is 27.5. The zero-order valence-electron chi connectivity index (χ0n) is 60.2. The maximum absolute atomic E-state index is 13.1. The third kappa shape index (κ3) is 62.8. The molecule has 0 aromatic rings. The predicted octanol–water partition coefficient (Wildman–Crippen LogP) is 20.9. The molecular formula is C73H142O17P2. The summed E-state index contributed by atoms with van der Waals surface area (Å²) in [4.78, 5) is 72.6. The van der Waals surface area contributed by atoms with Crippen LogP contribution in [0.15, 0.2) is 0 Å². The molecule has 0 aromatic heterocycles. The lowest BCUT2D eigenvalue weighted by Gasteiger charge is -2.21. The lowest BCUT2D eigenvalue weighted by atomic mass is 9.99. The third-order valence-corrected chi connectivity index (χ3v) is 19.8. The van der Waals surface area contributed by atoms with Gasteiger partial charge in [-0.3, -0.25) is 37.3 Å². The fraction of sp³-hybridized carbons (Fsp3) is 0.945. The van der Waals surface area contributed by atoms with Crippen LogP contribution in [0.5, 0.6) is 0 Å². The van der Waals surface area contributed by atoms with Gasteiger partial charge in [0.2, 0.25) is 0 Å². The molecule has 3 N–H and O–H groups in total. The lowest BCUT2D eigenvalue weighted by Crippen LogP contribution is -2.30. The summed E-state index contributed by atoms with van der Waals surface area (Å²) in [5.41, 5.74) is 0. The Bertz CT molecular complexity index is 1820. The molecule has 0 aromatic carbocycles. The highest BCUT2D eigenvalue weighted by Gasteiger charge is 2.30. The van der Waals surface area contributed by atoms with Crippen LogP contribution in [0.4, 0.5) is 0 Å². The van der Waals surface area contributed by atoms with Crippen LogP contribution in [0.25, 0.3) is 0 Å². The first-order chi connectivity index (χ1) is 44.2. The van der Waals surface area contributed by atoms with E-state index < -0.39 is 97.5 Å². The topological polar surface area (TPSA) is 237 Å². The van der Waals surface area contributed by atoms with Crippen molar-refractivity contribution in [2.24, 2.45) is 23.7 Å². The van der Waals surface area contributed by atoms with Crippen molar-refractivity contribution in [3.63, 3.8) is 0 Å². The minimum absolute atomic E-state index is 0.102. The predicted molar refractivity (Wildman–Crippen MR) is 372 cm³/mol. The van der Waals surface area contributed by atoms with Crippen LogP contribution in [-0.2, 0) is 65.4 Å². The minimum atomic E-state index is -4.96. The van der Waals surface area contributed by atoms with E-state index in [4.69, 9.17) is 37.0 Å². The van der Waals surface area contributed by atoms with Crippen LogP contribution in [0.1, 0.15) is 364 Å². The molecule has 0 amide bonds.